The number of sulfonamides is 1. The van der Waals surface area contributed by atoms with Gasteiger partial charge in [-0.25, -0.2) is 13.1 Å². The van der Waals surface area contributed by atoms with Gasteiger partial charge in [-0.3, -0.25) is 0 Å². The van der Waals surface area contributed by atoms with Crippen LogP contribution in [0.2, 0.25) is 0 Å². The highest BCUT2D eigenvalue weighted by molar-refractivity contribution is 7.91. The summed E-state index contributed by atoms with van der Waals surface area (Å²) in [6, 6.07) is 0.237. The van der Waals surface area contributed by atoms with Crippen LogP contribution in [-0.4, -0.2) is 19.2 Å². The van der Waals surface area contributed by atoms with E-state index in [2.05, 4.69) is 4.72 Å². The van der Waals surface area contributed by atoms with Crippen LogP contribution in [-0.2, 0) is 10.0 Å². The Morgan fingerprint density at radius 1 is 1.36 bits per heavy atom. The molecule has 3 atom stereocenters. The molecule has 3 rings (SSSR count). The van der Waals surface area contributed by atoms with E-state index in [1.54, 1.807) is 0 Å². The Kier molecular flexibility index (Phi) is 1.43. The lowest BCUT2D eigenvalue weighted by molar-refractivity contribution is 0.205. The monoisotopic (exact) mass is 215 g/mol. The van der Waals surface area contributed by atoms with E-state index in [1.165, 1.54) is 6.42 Å². The molecule has 3 nitrogen and oxygen atoms in total. The van der Waals surface area contributed by atoms with Gasteiger partial charge in [0.1, 0.15) is 0 Å². The average Bonchev–Trinajstić information content (AvgIpc) is 2.63. The van der Waals surface area contributed by atoms with E-state index in [1.807, 2.05) is 13.8 Å². The SMILES string of the molecule is CC1(C)C23CCC(CC2NS1(=O)=O)C3. The number of fused-ring (bicyclic) bond motifs is 1. The van der Waals surface area contributed by atoms with Gasteiger partial charge in [0, 0.05) is 11.5 Å². The van der Waals surface area contributed by atoms with Crippen molar-refractivity contribution in [2.75, 3.05) is 0 Å². The van der Waals surface area contributed by atoms with Crippen LogP contribution in [0.1, 0.15) is 39.5 Å². The van der Waals surface area contributed by atoms with Crippen molar-refractivity contribution in [2.45, 2.75) is 50.3 Å². The van der Waals surface area contributed by atoms with Crippen LogP contribution in [0.3, 0.4) is 0 Å². The molecule has 0 radical (unpaired) electrons. The largest absolute Gasteiger partial charge is 0.217 e. The third-order valence-electron chi connectivity index (χ3n) is 5.06. The van der Waals surface area contributed by atoms with Crippen LogP contribution in [0.15, 0.2) is 0 Å². The van der Waals surface area contributed by atoms with E-state index < -0.39 is 14.8 Å². The Labute approximate surface area is 85.3 Å². The predicted molar refractivity (Wildman–Crippen MR) is 54.3 cm³/mol. The molecule has 80 valence electrons. The van der Waals surface area contributed by atoms with E-state index in [0.29, 0.717) is 0 Å². The molecule has 1 saturated heterocycles. The minimum absolute atomic E-state index is 0.0521. The second-order valence-corrected chi connectivity index (χ2v) is 7.95. The van der Waals surface area contributed by atoms with Crippen molar-refractivity contribution in [3.05, 3.63) is 0 Å². The highest BCUT2D eigenvalue weighted by Gasteiger charge is 2.69. The maximum Gasteiger partial charge on any atom is 0.217 e. The molecule has 1 heterocycles. The fraction of sp³-hybridized carbons (Fsp3) is 1.00. The van der Waals surface area contributed by atoms with Crippen molar-refractivity contribution < 1.29 is 8.42 Å². The van der Waals surface area contributed by atoms with Gasteiger partial charge in [-0.2, -0.15) is 0 Å². The second kappa shape index (κ2) is 2.19. The molecular weight excluding hydrogens is 198 g/mol. The average molecular weight is 215 g/mol. The summed E-state index contributed by atoms with van der Waals surface area (Å²) in [5.41, 5.74) is 0.0521. The molecule has 3 fully saturated rings. The minimum atomic E-state index is -3.08. The van der Waals surface area contributed by atoms with Gasteiger partial charge >= 0.3 is 0 Å². The van der Waals surface area contributed by atoms with Gasteiger partial charge < -0.3 is 0 Å². The molecule has 0 aromatic rings. The van der Waals surface area contributed by atoms with Crippen molar-refractivity contribution in [1.82, 2.24) is 4.72 Å². The standard InChI is InChI=1S/C10H17NO2S/c1-9(2)10-4-3-7(6-10)5-8(10)11-14(9,12)13/h7-8,11H,3-6H2,1-2H3. The second-order valence-electron chi connectivity index (χ2n) is 5.68. The molecule has 3 unspecified atom stereocenters. The topological polar surface area (TPSA) is 46.2 Å². The van der Waals surface area contributed by atoms with Crippen molar-refractivity contribution in [3.8, 4) is 0 Å². The van der Waals surface area contributed by atoms with Crippen LogP contribution >= 0.6 is 0 Å². The Bertz CT molecular complexity index is 387. The lowest BCUT2D eigenvalue weighted by atomic mass is 9.71. The molecule has 1 aliphatic heterocycles. The molecule has 0 aromatic carbocycles. The van der Waals surface area contributed by atoms with Gasteiger partial charge in [0.05, 0.1) is 4.75 Å². The zero-order valence-corrected chi connectivity index (χ0v) is 9.52. The number of hydrogen-bond donors (Lipinski definition) is 1. The van der Waals surface area contributed by atoms with Crippen LogP contribution in [0.5, 0.6) is 0 Å². The Hall–Kier alpha value is -0.0900. The van der Waals surface area contributed by atoms with Gasteiger partial charge in [0.25, 0.3) is 0 Å². The van der Waals surface area contributed by atoms with Crippen LogP contribution in [0, 0.1) is 11.3 Å². The summed E-state index contributed by atoms with van der Waals surface area (Å²) in [4.78, 5) is 0. The summed E-state index contributed by atoms with van der Waals surface area (Å²) in [6.45, 7) is 3.81. The first-order valence-corrected chi connectivity index (χ1v) is 6.89. The zero-order chi connectivity index (χ0) is 10.2. The van der Waals surface area contributed by atoms with Gasteiger partial charge in [-0.05, 0) is 45.4 Å². The third-order valence-corrected chi connectivity index (χ3v) is 7.40. The maximum absolute atomic E-state index is 12.0. The van der Waals surface area contributed by atoms with Crippen molar-refractivity contribution >= 4 is 10.0 Å². The van der Waals surface area contributed by atoms with Gasteiger partial charge in [0.15, 0.2) is 0 Å². The molecule has 2 saturated carbocycles. The van der Waals surface area contributed by atoms with Gasteiger partial charge in [0.2, 0.25) is 10.0 Å². The summed E-state index contributed by atoms with van der Waals surface area (Å²) in [6.07, 6.45) is 4.53. The highest BCUT2D eigenvalue weighted by atomic mass is 32.2. The summed E-state index contributed by atoms with van der Waals surface area (Å²) in [5, 5.41) is 0. The van der Waals surface area contributed by atoms with E-state index in [4.69, 9.17) is 0 Å². The fourth-order valence-electron chi connectivity index (χ4n) is 3.99. The molecule has 4 heteroatoms. The quantitative estimate of drug-likeness (QED) is 0.661. The molecular formula is C10H17NO2S. The van der Waals surface area contributed by atoms with Crippen molar-refractivity contribution in [2.24, 2.45) is 11.3 Å². The predicted octanol–water partition coefficient (Wildman–Crippen LogP) is 1.26. The molecule has 0 aromatic heterocycles. The molecule has 3 aliphatic rings. The number of hydrogen-bond acceptors (Lipinski definition) is 2. The Morgan fingerprint density at radius 3 is 2.64 bits per heavy atom. The molecule has 1 N–H and O–H groups in total. The summed E-state index contributed by atoms with van der Waals surface area (Å²) in [7, 11) is -3.08. The molecule has 2 aliphatic carbocycles. The summed E-state index contributed by atoms with van der Waals surface area (Å²) in [5.74, 6) is 0.780. The summed E-state index contributed by atoms with van der Waals surface area (Å²) >= 11 is 0. The first-order valence-electron chi connectivity index (χ1n) is 5.41. The van der Waals surface area contributed by atoms with E-state index in [0.717, 1.165) is 25.2 Å². The van der Waals surface area contributed by atoms with Crippen LogP contribution in [0.4, 0.5) is 0 Å². The normalized spacial score (nSPS) is 52.1. The van der Waals surface area contributed by atoms with E-state index >= 15 is 0 Å². The first-order chi connectivity index (χ1) is 6.39. The minimum Gasteiger partial charge on any atom is -0.212 e. The van der Waals surface area contributed by atoms with Crippen molar-refractivity contribution in [3.63, 3.8) is 0 Å². The van der Waals surface area contributed by atoms with Crippen molar-refractivity contribution in [1.29, 1.82) is 0 Å². The highest BCUT2D eigenvalue weighted by Crippen LogP contribution is 2.64. The van der Waals surface area contributed by atoms with Crippen LogP contribution in [0.25, 0.3) is 0 Å². The molecule has 1 spiro atoms. The Balaban J connectivity index is 2.18. The summed E-state index contributed by atoms with van der Waals surface area (Å²) < 4.78 is 26.3. The lowest BCUT2D eigenvalue weighted by Gasteiger charge is -2.36. The molecule has 0 amide bonds. The molecule has 14 heavy (non-hydrogen) atoms. The third kappa shape index (κ3) is 0.735. The fourth-order valence-corrected chi connectivity index (χ4v) is 5.84. The van der Waals surface area contributed by atoms with Crippen LogP contribution < -0.4 is 4.72 Å². The first kappa shape index (κ1) is 9.16. The lowest BCUT2D eigenvalue weighted by Crippen LogP contribution is -2.44. The molecule has 2 bridgehead atoms. The zero-order valence-electron chi connectivity index (χ0n) is 8.71. The Morgan fingerprint density at radius 2 is 2.07 bits per heavy atom. The van der Waals surface area contributed by atoms with E-state index in [9.17, 15) is 8.42 Å². The number of nitrogens with one attached hydrogen (secondary N) is 1. The maximum atomic E-state index is 12.0. The van der Waals surface area contributed by atoms with E-state index in [-0.39, 0.29) is 11.5 Å². The smallest absolute Gasteiger partial charge is 0.212 e. The van der Waals surface area contributed by atoms with Gasteiger partial charge in [-0.1, -0.05) is 0 Å². The van der Waals surface area contributed by atoms with Gasteiger partial charge in [-0.15, -0.1) is 0 Å². The number of rotatable bonds is 0.